The predicted octanol–water partition coefficient (Wildman–Crippen LogP) is 3.95. The lowest BCUT2D eigenvalue weighted by Crippen LogP contribution is -2.37. The van der Waals surface area contributed by atoms with E-state index in [1.54, 1.807) is 18.2 Å². The fraction of sp³-hybridized carbons (Fsp3) is 0.235. The first-order chi connectivity index (χ1) is 12.9. The van der Waals surface area contributed by atoms with Gasteiger partial charge in [0.15, 0.2) is 0 Å². The molecule has 0 bridgehead atoms. The number of nitrogens with zero attached hydrogens (tertiary/aromatic N) is 1. The number of nitrogens with one attached hydrogen (secondary N) is 1. The molecule has 0 aliphatic carbocycles. The van der Waals surface area contributed by atoms with E-state index in [0.29, 0.717) is 16.7 Å². The fourth-order valence-corrected chi connectivity index (χ4v) is 3.63. The van der Waals surface area contributed by atoms with Crippen LogP contribution in [0.2, 0.25) is 10.0 Å². The van der Waals surface area contributed by atoms with Crippen LogP contribution in [0.1, 0.15) is 11.1 Å². The van der Waals surface area contributed by atoms with Crippen molar-refractivity contribution in [2.75, 3.05) is 13.6 Å². The molecule has 2 rings (SSSR count). The van der Waals surface area contributed by atoms with Crippen molar-refractivity contribution in [3.63, 3.8) is 0 Å². The van der Waals surface area contributed by atoms with Gasteiger partial charge in [-0.1, -0.05) is 41.4 Å². The zero-order chi connectivity index (χ0) is 21.1. The topological polar surface area (TPSA) is 66.5 Å². The quantitative estimate of drug-likeness (QED) is 0.718. The second-order valence-electron chi connectivity index (χ2n) is 5.81. The first-order valence-electron chi connectivity index (χ1n) is 7.75. The number of hydrogen-bond donors (Lipinski definition) is 1. The number of rotatable bonds is 6. The van der Waals surface area contributed by atoms with Gasteiger partial charge in [0.05, 0.1) is 27.0 Å². The van der Waals surface area contributed by atoms with Crippen LogP contribution in [0.3, 0.4) is 0 Å². The van der Waals surface area contributed by atoms with E-state index in [9.17, 15) is 26.4 Å². The molecule has 0 fully saturated rings. The van der Waals surface area contributed by atoms with Gasteiger partial charge in [-0.05, 0) is 29.8 Å². The Hall–Kier alpha value is -1.81. The molecule has 0 atom stereocenters. The highest BCUT2D eigenvalue weighted by Gasteiger charge is 2.31. The van der Waals surface area contributed by atoms with Crippen molar-refractivity contribution in [3.8, 4) is 0 Å². The monoisotopic (exact) mass is 454 g/mol. The SMILES string of the molecule is CN(Cc1cccc(Cl)c1Cl)C(=O)CNS(=O)(=O)c1cccc(C(F)(F)F)c1. The van der Waals surface area contributed by atoms with Crippen LogP contribution < -0.4 is 4.72 Å². The molecule has 0 radical (unpaired) electrons. The van der Waals surface area contributed by atoms with Crippen molar-refractivity contribution >= 4 is 39.1 Å². The summed E-state index contributed by atoms with van der Waals surface area (Å²) in [5.41, 5.74) is -0.542. The smallest absolute Gasteiger partial charge is 0.340 e. The summed E-state index contributed by atoms with van der Waals surface area (Å²) >= 11 is 12.0. The summed E-state index contributed by atoms with van der Waals surface area (Å²) in [5.74, 6) is -0.605. The summed E-state index contributed by atoms with van der Waals surface area (Å²) in [6, 6.07) is 8.14. The highest BCUT2D eigenvalue weighted by molar-refractivity contribution is 7.89. The largest absolute Gasteiger partial charge is 0.416 e. The molecule has 2 aromatic rings. The van der Waals surface area contributed by atoms with Gasteiger partial charge < -0.3 is 4.90 Å². The molecule has 0 saturated heterocycles. The van der Waals surface area contributed by atoms with E-state index < -0.39 is 39.1 Å². The van der Waals surface area contributed by atoms with Crippen LogP contribution in [-0.2, 0) is 27.5 Å². The average molecular weight is 455 g/mol. The molecule has 0 aliphatic rings. The normalized spacial score (nSPS) is 12.1. The minimum atomic E-state index is -4.68. The van der Waals surface area contributed by atoms with Gasteiger partial charge in [-0.3, -0.25) is 4.79 Å². The molecule has 1 amide bonds. The maximum Gasteiger partial charge on any atom is 0.416 e. The number of sulfonamides is 1. The van der Waals surface area contributed by atoms with E-state index in [0.717, 1.165) is 18.2 Å². The van der Waals surface area contributed by atoms with E-state index in [4.69, 9.17) is 23.2 Å². The number of alkyl halides is 3. The molecule has 0 aliphatic heterocycles. The predicted molar refractivity (Wildman–Crippen MR) is 99.6 cm³/mol. The Kier molecular flexibility index (Phi) is 6.97. The van der Waals surface area contributed by atoms with Crippen LogP contribution in [-0.4, -0.2) is 32.8 Å². The zero-order valence-electron chi connectivity index (χ0n) is 14.4. The maximum atomic E-state index is 12.7. The Labute approximate surface area is 170 Å². The lowest BCUT2D eigenvalue weighted by molar-refractivity contribution is -0.137. The number of amides is 1. The Bertz CT molecular complexity index is 982. The van der Waals surface area contributed by atoms with E-state index >= 15 is 0 Å². The maximum absolute atomic E-state index is 12.7. The zero-order valence-corrected chi connectivity index (χ0v) is 16.8. The molecule has 0 saturated carbocycles. The molecular formula is C17H15Cl2F3N2O3S. The number of likely N-dealkylation sites (N-methyl/N-ethyl adjacent to an activating group) is 1. The minimum absolute atomic E-state index is 0.0729. The van der Waals surface area contributed by atoms with Gasteiger partial charge in [-0.15, -0.1) is 0 Å². The molecular weight excluding hydrogens is 440 g/mol. The first kappa shape index (κ1) is 22.5. The third-order valence-corrected chi connectivity index (χ3v) is 6.01. The molecule has 2 aromatic carbocycles. The second-order valence-corrected chi connectivity index (χ2v) is 8.37. The number of carbonyl (C=O) groups excluding carboxylic acids is 1. The Morgan fingerprint density at radius 1 is 1.14 bits per heavy atom. The van der Waals surface area contributed by atoms with Crippen molar-refractivity contribution < 1.29 is 26.4 Å². The molecule has 11 heteroatoms. The van der Waals surface area contributed by atoms with E-state index in [2.05, 4.69) is 0 Å². The van der Waals surface area contributed by atoms with Crippen LogP contribution in [0, 0.1) is 0 Å². The summed E-state index contributed by atoms with van der Waals surface area (Å²) in [6.45, 7) is -0.559. The summed E-state index contributed by atoms with van der Waals surface area (Å²) in [6.07, 6.45) is -4.68. The number of hydrogen-bond acceptors (Lipinski definition) is 3. The number of halogens is 5. The summed E-state index contributed by atoms with van der Waals surface area (Å²) in [4.78, 5) is 12.8. The van der Waals surface area contributed by atoms with E-state index in [-0.39, 0.29) is 11.6 Å². The highest BCUT2D eigenvalue weighted by atomic mass is 35.5. The van der Waals surface area contributed by atoms with Gasteiger partial charge in [0, 0.05) is 13.6 Å². The molecule has 152 valence electrons. The summed E-state index contributed by atoms with van der Waals surface area (Å²) < 4.78 is 64.7. The van der Waals surface area contributed by atoms with Crippen LogP contribution in [0.5, 0.6) is 0 Å². The third-order valence-electron chi connectivity index (χ3n) is 3.75. The highest BCUT2D eigenvalue weighted by Crippen LogP contribution is 2.30. The second kappa shape index (κ2) is 8.69. The Morgan fingerprint density at radius 3 is 2.43 bits per heavy atom. The van der Waals surface area contributed by atoms with Crippen LogP contribution in [0.4, 0.5) is 13.2 Å². The third kappa shape index (κ3) is 5.60. The van der Waals surface area contributed by atoms with E-state index in [1.807, 2.05) is 4.72 Å². The van der Waals surface area contributed by atoms with Crippen molar-refractivity contribution in [2.45, 2.75) is 17.6 Å². The van der Waals surface area contributed by atoms with Gasteiger partial charge in [0.2, 0.25) is 15.9 Å². The number of benzene rings is 2. The van der Waals surface area contributed by atoms with Crippen LogP contribution in [0.15, 0.2) is 47.4 Å². The van der Waals surface area contributed by atoms with E-state index in [1.165, 1.54) is 11.9 Å². The van der Waals surface area contributed by atoms with Gasteiger partial charge in [0.25, 0.3) is 0 Å². The number of carbonyl (C=O) groups is 1. The average Bonchev–Trinajstić information content (AvgIpc) is 2.63. The molecule has 0 aromatic heterocycles. The van der Waals surface area contributed by atoms with Crippen LogP contribution in [0.25, 0.3) is 0 Å². The standard InChI is InChI=1S/C17H15Cl2F3N2O3S/c1-24(10-11-4-2-7-14(18)16(11)19)15(25)9-23-28(26,27)13-6-3-5-12(8-13)17(20,21)22/h2-8,23H,9-10H2,1H3. The molecule has 0 heterocycles. The molecule has 0 unspecified atom stereocenters. The lowest BCUT2D eigenvalue weighted by Gasteiger charge is -2.19. The van der Waals surface area contributed by atoms with Crippen molar-refractivity contribution in [1.82, 2.24) is 9.62 Å². The first-order valence-corrected chi connectivity index (χ1v) is 9.99. The molecule has 28 heavy (non-hydrogen) atoms. The van der Waals surface area contributed by atoms with Crippen molar-refractivity contribution in [2.24, 2.45) is 0 Å². The molecule has 1 N–H and O–H groups in total. The van der Waals surface area contributed by atoms with Crippen LogP contribution >= 0.6 is 23.2 Å². The fourth-order valence-electron chi connectivity index (χ4n) is 2.23. The molecule has 5 nitrogen and oxygen atoms in total. The van der Waals surface area contributed by atoms with Gasteiger partial charge >= 0.3 is 6.18 Å². The summed E-state index contributed by atoms with van der Waals surface area (Å²) in [5, 5.41) is 0.582. The minimum Gasteiger partial charge on any atom is -0.340 e. The molecule has 0 spiro atoms. The van der Waals surface area contributed by atoms with Gasteiger partial charge in [-0.25, -0.2) is 13.1 Å². The Morgan fingerprint density at radius 2 is 1.79 bits per heavy atom. The summed E-state index contributed by atoms with van der Waals surface area (Å²) in [7, 11) is -2.88. The van der Waals surface area contributed by atoms with Crippen molar-refractivity contribution in [1.29, 1.82) is 0 Å². The lowest BCUT2D eigenvalue weighted by atomic mass is 10.2. The van der Waals surface area contributed by atoms with Gasteiger partial charge in [-0.2, -0.15) is 13.2 Å². The van der Waals surface area contributed by atoms with Crippen molar-refractivity contribution in [3.05, 3.63) is 63.6 Å². The van der Waals surface area contributed by atoms with Gasteiger partial charge in [0.1, 0.15) is 0 Å². The Balaban J connectivity index is 2.06.